The quantitative estimate of drug-likeness (QED) is 0.887. The van der Waals surface area contributed by atoms with Crippen molar-refractivity contribution in [2.45, 2.75) is 25.1 Å². The fraction of sp³-hybridized carbons (Fsp3) is 0.375. The van der Waals surface area contributed by atoms with E-state index in [0.717, 1.165) is 22.8 Å². The highest BCUT2D eigenvalue weighted by atomic mass is 32.2. The molecule has 0 fully saturated rings. The predicted molar refractivity (Wildman–Crippen MR) is 86.1 cm³/mol. The number of halogens is 2. The molecule has 1 aliphatic rings. The van der Waals surface area contributed by atoms with Crippen molar-refractivity contribution in [3.8, 4) is 0 Å². The highest BCUT2D eigenvalue weighted by Crippen LogP contribution is 2.37. The third-order valence-electron chi connectivity index (χ3n) is 3.63. The van der Waals surface area contributed by atoms with Gasteiger partial charge in [-0.05, 0) is 42.5 Å². The molecule has 1 nitrogen and oxygen atoms in total. The van der Waals surface area contributed by atoms with E-state index in [-0.39, 0.29) is 5.56 Å². The number of rotatable bonds is 4. The highest BCUT2D eigenvalue weighted by Gasteiger charge is 2.25. The summed E-state index contributed by atoms with van der Waals surface area (Å²) in [6, 6.07) is 5.77. The molecule has 2 heterocycles. The molecule has 0 radical (unpaired) electrons. The van der Waals surface area contributed by atoms with Crippen LogP contribution >= 0.6 is 23.1 Å². The van der Waals surface area contributed by atoms with Gasteiger partial charge in [0.2, 0.25) is 0 Å². The zero-order valence-electron chi connectivity index (χ0n) is 11.8. The maximum atomic E-state index is 14.1. The van der Waals surface area contributed by atoms with Crippen LogP contribution in [0.2, 0.25) is 0 Å². The van der Waals surface area contributed by atoms with Crippen LogP contribution in [0, 0.1) is 11.6 Å². The Kier molecular flexibility index (Phi) is 4.62. The maximum absolute atomic E-state index is 14.1. The van der Waals surface area contributed by atoms with Gasteiger partial charge in [0, 0.05) is 21.1 Å². The van der Waals surface area contributed by atoms with E-state index in [1.807, 2.05) is 18.7 Å². The summed E-state index contributed by atoms with van der Waals surface area (Å²) >= 11 is 3.60. The van der Waals surface area contributed by atoms with Gasteiger partial charge in [-0.3, -0.25) is 0 Å². The summed E-state index contributed by atoms with van der Waals surface area (Å²) in [5.41, 5.74) is 1.46. The van der Waals surface area contributed by atoms with Crippen molar-refractivity contribution < 1.29 is 8.78 Å². The largest absolute Gasteiger partial charge is 0.306 e. The molecule has 1 unspecified atom stereocenters. The van der Waals surface area contributed by atoms with Crippen LogP contribution < -0.4 is 5.32 Å². The van der Waals surface area contributed by atoms with E-state index in [1.165, 1.54) is 28.6 Å². The number of nitrogens with one attached hydrogen (secondary N) is 1. The van der Waals surface area contributed by atoms with Crippen molar-refractivity contribution in [1.29, 1.82) is 0 Å². The van der Waals surface area contributed by atoms with E-state index in [2.05, 4.69) is 11.4 Å². The number of hydrogen-bond donors (Lipinski definition) is 1. The predicted octanol–water partition coefficient (Wildman–Crippen LogP) is 4.51. The topological polar surface area (TPSA) is 12.0 Å². The van der Waals surface area contributed by atoms with E-state index in [1.54, 1.807) is 11.3 Å². The summed E-state index contributed by atoms with van der Waals surface area (Å²) in [6.45, 7) is 2.62. The van der Waals surface area contributed by atoms with Gasteiger partial charge < -0.3 is 5.32 Å². The van der Waals surface area contributed by atoms with Crippen LogP contribution in [0.15, 0.2) is 24.3 Å². The maximum Gasteiger partial charge on any atom is 0.131 e. The van der Waals surface area contributed by atoms with E-state index in [0.29, 0.717) is 6.54 Å². The molecule has 1 aromatic heterocycles. The number of hydrogen-bond acceptors (Lipinski definition) is 3. The number of thioether (sulfide) groups is 1. The molecule has 0 saturated carbocycles. The van der Waals surface area contributed by atoms with Crippen molar-refractivity contribution in [3.05, 3.63) is 56.8 Å². The molecule has 1 aromatic carbocycles. The molecule has 0 amide bonds. The summed E-state index contributed by atoms with van der Waals surface area (Å²) in [5, 5.41) is 3.23. The Bertz CT molecular complexity index is 595. The smallest absolute Gasteiger partial charge is 0.131 e. The van der Waals surface area contributed by atoms with Crippen molar-refractivity contribution in [2.75, 3.05) is 12.3 Å². The van der Waals surface area contributed by atoms with Crippen molar-refractivity contribution in [1.82, 2.24) is 5.32 Å². The molecule has 0 spiro atoms. The Morgan fingerprint density at radius 2 is 2.05 bits per heavy atom. The molecule has 2 aromatic rings. The number of thiophene rings is 1. The first kappa shape index (κ1) is 15.0. The Balaban J connectivity index is 2.03. The Hall–Kier alpha value is -0.910. The third kappa shape index (κ3) is 3.00. The molecule has 0 bridgehead atoms. The molecule has 1 aliphatic heterocycles. The van der Waals surface area contributed by atoms with Crippen LogP contribution in [0.5, 0.6) is 0 Å². The lowest BCUT2D eigenvalue weighted by Gasteiger charge is -2.18. The van der Waals surface area contributed by atoms with Gasteiger partial charge in [0.15, 0.2) is 0 Å². The lowest BCUT2D eigenvalue weighted by atomic mass is 10.0. The monoisotopic (exact) mass is 325 g/mol. The minimum Gasteiger partial charge on any atom is -0.306 e. The molecule has 1 atom stereocenters. The van der Waals surface area contributed by atoms with Gasteiger partial charge >= 0.3 is 0 Å². The fourth-order valence-electron chi connectivity index (χ4n) is 2.65. The first-order chi connectivity index (χ1) is 10.2. The molecular formula is C16H17F2NS2. The number of aryl methyl sites for hydroxylation is 1. The van der Waals surface area contributed by atoms with Gasteiger partial charge in [-0.2, -0.15) is 11.8 Å². The van der Waals surface area contributed by atoms with Gasteiger partial charge in [-0.25, -0.2) is 8.78 Å². The SMILES string of the molecule is CCNC(c1cc2c(s1)CCSC2)c1c(F)cccc1F. The second kappa shape index (κ2) is 6.46. The zero-order valence-corrected chi connectivity index (χ0v) is 13.4. The summed E-state index contributed by atoms with van der Waals surface area (Å²) in [6.07, 6.45) is 1.06. The highest BCUT2D eigenvalue weighted by molar-refractivity contribution is 7.98. The van der Waals surface area contributed by atoms with Crippen LogP contribution in [-0.2, 0) is 12.2 Å². The first-order valence-corrected chi connectivity index (χ1v) is 9.04. The van der Waals surface area contributed by atoms with Crippen LogP contribution in [0.4, 0.5) is 8.78 Å². The second-order valence-electron chi connectivity index (χ2n) is 5.03. The molecule has 112 valence electrons. The second-order valence-corrected chi connectivity index (χ2v) is 7.30. The molecule has 1 N–H and O–H groups in total. The van der Waals surface area contributed by atoms with E-state index in [4.69, 9.17) is 0 Å². The van der Waals surface area contributed by atoms with Gasteiger partial charge in [0.25, 0.3) is 0 Å². The minimum absolute atomic E-state index is 0.130. The minimum atomic E-state index is -0.485. The number of benzene rings is 1. The Morgan fingerprint density at radius 3 is 2.71 bits per heavy atom. The van der Waals surface area contributed by atoms with Crippen LogP contribution in [0.3, 0.4) is 0 Å². The van der Waals surface area contributed by atoms with Crippen LogP contribution in [0.25, 0.3) is 0 Å². The van der Waals surface area contributed by atoms with Crippen molar-refractivity contribution in [2.24, 2.45) is 0 Å². The van der Waals surface area contributed by atoms with Gasteiger partial charge in [-0.15, -0.1) is 11.3 Å². The molecule has 0 saturated heterocycles. The van der Waals surface area contributed by atoms with Crippen LogP contribution in [-0.4, -0.2) is 12.3 Å². The third-order valence-corrected chi connectivity index (χ3v) is 5.94. The standard InChI is InChI=1S/C16H17F2NS2/c1-2-19-16(15-11(17)4-3-5-12(15)18)14-8-10-9-20-7-6-13(10)21-14/h3-5,8,16,19H,2,6-7,9H2,1H3. The fourth-order valence-corrected chi connectivity index (χ4v) is 5.11. The Labute approximate surface area is 131 Å². The molecule has 3 rings (SSSR count). The average molecular weight is 325 g/mol. The van der Waals surface area contributed by atoms with E-state index >= 15 is 0 Å². The summed E-state index contributed by atoms with van der Waals surface area (Å²) in [5.74, 6) is 1.17. The van der Waals surface area contributed by atoms with Crippen molar-refractivity contribution >= 4 is 23.1 Å². The molecule has 0 aliphatic carbocycles. The number of fused-ring (bicyclic) bond motifs is 1. The van der Waals surface area contributed by atoms with Gasteiger partial charge in [0.05, 0.1) is 6.04 Å². The van der Waals surface area contributed by atoms with Crippen molar-refractivity contribution in [3.63, 3.8) is 0 Å². The van der Waals surface area contributed by atoms with Gasteiger partial charge in [0.1, 0.15) is 11.6 Å². The average Bonchev–Trinajstić information content (AvgIpc) is 2.89. The van der Waals surface area contributed by atoms with Crippen LogP contribution in [0.1, 0.15) is 33.8 Å². The summed E-state index contributed by atoms with van der Waals surface area (Å²) < 4.78 is 28.2. The lowest BCUT2D eigenvalue weighted by Crippen LogP contribution is -2.23. The lowest BCUT2D eigenvalue weighted by molar-refractivity contribution is 0.513. The first-order valence-electron chi connectivity index (χ1n) is 7.07. The zero-order chi connectivity index (χ0) is 14.8. The summed E-state index contributed by atoms with van der Waals surface area (Å²) in [7, 11) is 0. The Morgan fingerprint density at radius 1 is 1.29 bits per heavy atom. The normalized spacial score (nSPS) is 15.8. The molecule has 21 heavy (non-hydrogen) atoms. The molecule has 5 heteroatoms. The van der Waals surface area contributed by atoms with E-state index in [9.17, 15) is 8.78 Å². The summed E-state index contributed by atoms with van der Waals surface area (Å²) in [4.78, 5) is 2.37. The van der Waals surface area contributed by atoms with E-state index < -0.39 is 17.7 Å². The molecular weight excluding hydrogens is 308 g/mol. The van der Waals surface area contributed by atoms with Gasteiger partial charge in [-0.1, -0.05) is 13.0 Å².